The molecule has 1 aromatic carbocycles. The van der Waals surface area contributed by atoms with Crippen LogP contribution in [0, 0.1) is 5.92 Å². The average molecular weight is 273 g/mol. The molecule has 2 aliphatic rings. The molecule has 2 aliphatic carbocycles. The fourth-order valence-electron chi connectivity index (χ4n) is 3.93. The number of hydrogen-bond donors (Lipinski definition) is 1. The van der Waals surface area contributed by atoms with Crippen LogP contribution in [-0.2, 0) is 6.42 Å². The molecule has 0 bridgehead atoms. The van der Waals surface area contributed by atoms with Crippen molar-refractivity contribution in [2.45, 2.75) is 64.0 Å². The molecule has 1 saturated carbocycles. The molecule has 1 aromatic rings. The van der Waals surface area contributed by atoms with Gasteiger partial charge in [0.15, 0.2) is 0 Å². The average Bonchev–Trinajstić information content (AvgIpc) is 2.91. The summed E-state index contributed by atoms with van der Waals surface area (Å²) in [6, 6.07) is 7.10. The Hall–Kier alpha value is -1.02. The highest BCUT2D eigenvalue weighted by molar-refractivity contribution is 5.45. The van der Waals surface area contributed by atoms with Crippen LogP contribution in [0.4, 0.5) is 0 Å². The Morgan fingerprint density at radius 3 is 2.95 bits per heavy atom. The summed E-state index contributed by atoms with van der Waals surface area (Å²) in [6.07, 6.45) is 9.30. The van der Waals surface area contributed by atoms with Gasteiger partial charge in [0, 0.05) is 6.04 Å². The van der Waals surface area contributed by atoms with Crippen molar-refractivity contribution in [1.82, 2.24) is 5.32 Å². The quantitative estimate of drug-likeness (QED) is 0.886. The number of hydrogen-bond acceptors (Lipinski definition) is 2. The van der Waals surface area contributed by atoms with Crippen LogP contribution < -0.4 is 10.1 Å². The molecule has 1 N–H and O–H groups in total. The lowest BCUT2D eigenvalue weighted by Gasteiger charge is -2.29. The van der Waals surface area contributed by atoms with E-state index in [1.165, 1.54) is 49.7 Å². The van der Waals surface area contributed by atoms with Gasteiger partial charge in [-0.1, -0.05) is 31.9 Å². The number of benzene rings is 1. The van der Waals surface area contributed by atoms with Crippen molar-refractivity contribution >= 4 is 0 Å². The van der Waals surface area contributed by atoms with E-state index in [9.17, 15) is 0 Å². The van der Waals surface area contributed by atoms with E-state index in [1.54, 1.807) is 0 Å². The maximum Gasteiger partial charge on any atom is 0.123 e. The van der Waals surface area contributed by atoms with E-state index >= 15 is 0 Å². The molecule has 3 unspecified atom stereocenters. The van der Waals surface area contributed by atoms with E-state index in [-0.39, 0.29) is 0 Å². The fourth-order valence-corrected chi connectivity index (χ4v) is 3.93. The van der Waals surface area contributed by atoms with E-state index in [4.69, 9.17) is 4.74 Å². The highest BCUT2D eigenvalue weighted by atomic mass is 16.5. The zero-order valence-electron chi connectivity index (χ0n) is 12.8. The lowest BCUT2D eigenvalue weighted by atomic mass is 9.85. The van der Waals surface area contributed by atoms with Crippen molar-refractivity contribution < 1.29 is 4.74 Å². The molecule has 3 rings (SSSR count). The Bertz CT molecular complexity index is 457. The van der Waals surface area contributed by atoms with Crippen LogP contribution in [0.15, 0.2) is 18.2 Å². The molecule has 2 nitrogen and oxygen atoms in total. The predicted octanol–water partition coefficient (Wildman–Crippen LogP) is 4.24. The number of ether oxygens (including phenoxy) is 1. The number of fused-ring (bicyclic) bond motifs is 1. The van der Waals surface area contributed by atoms with Gasteiger partial charge < -0.3 is 10.1 Å². The largest absolute Gasteiger partial charge is 0.490 e. The molecular formula is C18H27NO. The van der Waals surface area contributed by atoms with Gasteiger partial charge in [0.2, 0.25) is 0 Å². The first-order chi connectivity index (χ1) is 9.81. The van der Waals surface area contributed by atoms with E-state index in [0.717, 1.165) is 18.1 Å². The van der Waals surface area contributed by atoms with Gasteiger partial charge in [-0.25, -0.2) is 0 Å². The summed E-state index contributed by atoms with van der Waals surface area (Å²) in [5.41, 5.74) is 2.90. The summed E-state index contributed by atoms with van der Waals surface area (Å²) in [7, 11) is 2.06. The molecule has 0 spiro atoms. The first-order valence-corrected chi connectivity index (χ1v) is 8.27. The Morgan fingerprint density at radius 2 is 2.15 bits per heavy atom. The third kappa shape index (κ3) is 2.71. The van der Waals surface area contributed by atoms with Crippen molar-refractivity contribution in [2.75, 3.05) is 7.05 Å². The minimum absolute atomic E-state index is 0.439. The second-order valence-electron chi connectivity index (χ2n) is 6.38. The molecule has 0 heterocycles. The number of nitrogens with one attached hydrogen (secondary N) is 1. The van der Waals surface area contributed by atoms with E-state index in [2.05, 4.69) is 37.5 Å². The smallest absolute Gasteiger partial charge is 0.123 e. The van der Waals surface area contributed by atoms with E-state index in [1.807, 2.05) is 0 Å². The Labute approximate surface area is 122 Å². The molecule has 110 valence electrons. The van der Waals surface area contributed by atoms with Gasteiger partial charge in [-0.05, 0) is 62.3 Å². The topological polar surface area (TPSA) is 21.3 Å². The van der Waals surface area contributed by atoms with Gasteiger partial charge >= 0.3 is 0 Å². The lowest BCUT2D eigenvalue weighted by Crippen LogP contribution is -2.25. The first kappa shape index (κ1) is 13.9. The van der Waals surface area contributed by atoms with Crippen molar-refractivity contribution in [3.05, 3.63) is 29.3 Å². The SMILES string of the molecule is CCC1CCCC(Oc2cccc3c2CCC3NC)C1. The van der Waals surface area contributed by atoms with Crippen LogP contribution in [0.25, 0.3) is 0 Å². The third-order valence-corrected chi connectivity index (χ3v) is 5.18. The molecule has 0 aliphatic heterocycles. The van der Waals surface area contributed by atoms with Crippen LogP contribution in [0.1, 0.15) is 62.6 Å². The standard InChI is InChI=1S/C18H27NO/c1-3-13-6-4-7-14(12-13)20-18-9-5-8-15-16(18)10-11-17(15)19-2/h5,8-9,13-14,17,19H,3-4,6-7,10-12H2,1-2H3. The van der Waals surface area contributed by atoms with Crippen molar-refractivity contribution in [3.8, 4) is 5.75 Å². The van der Waals surface area contributed by atoms with Crippen LogP contribution in [0.5, 0.6) is 5.75 Å². The Kier molecular flexibility index (Phi) is 4.30. The highest BCUT2D eigenvalue weighted by Crippen LogP contribution is 2.38. The summed E-state index contributed by atoms with van der Waals surface area (Å²) < 4.78 is 6.40. The highest BCUT2D eigenvalue weighted by Gasteiger charge is 2.27. The zero-order chi connectivity index (χ0) is 13.9. The van der Waals surface area contributed by atoms with Gasteiger partial charge in [0.1, 0.15) is 5.75 Å². The summed E-state index contributed by atoms with van der Waals surface area (Å²) in [4.78, 5) is 0. The van der Waals surface area contributed by atoms with Crippen LogP contribution >= 0.6 is 0 Å². The molecule has 0 amide bonds. The van der Waals surface area contributed by atoms with Gasteiger partial charge in [-0.2, -0.15) is 0 Å². The second-order valence-corrected chi connectivity index (χ2v) is 6.38. The maximum absolute atomic E-state index is 6.40. The minimum Gasteiger partial charge on any atom is -0.490 e. The predicted molar refractivity (Wildman–Crippen MR) is 83.2 cm³/mol. The fraction of sp³-hybridized carbons (Fsp3) is 0.667. The third-order valence-electron chi connectivity index (χ3n) is 5.18. The van der Waals surface area contributed by atoms with Crippen LogP contribution in [0.3, 0.4) is 0 Å². The van der Waals surface area contributed by atoms with Gasteiger partial charge in [-0.3, -0.25) is 0 Å². The molecular weight excluding hydrogens is 246 g/mol. The first-order valence-electron chi connectivity index (χ1n) is 8.27. The second kappa shape index (κ2) is 6.17. The maximum atomic E-state index is 6.40. The molecule has 3 atom stereocenters. The minimum atomic E-state index is 0.439. The summed E-state index contributed by atoms with van der Waals surface area (Å²) in [5, 5.41) is 3.41. The number of rotatable bonds is 4. The lowest BCUT2D eigenvalue weighted by molar-refractivity contribution is 0.121. The Morgan fingerprint density at radius 1 is 1.25 bits per heavy atom. The van der Waals surface area contributed by atoms with Crippen molar-refractivity contribution in [1.29, 1.82) is 0 Å². The van der Waals surface area contributed by atoms with E-state index in [0.29, 0.717) is 12.1 Å². The monoisotopic (exact) mass is 273 g/mol. The molecule has 0 aromatic heterocycles. The Balaban J connectivity index is 1.74. The van der Waals surface area contributed by atoms with E-state index < -0.39 is 0 Å². The van der Waals surface area contributed by atoms with Crippen LogP contribution in [-0.4, -0.2) is 13.2 Å². The molecule has 0 radical (unpaired) electrons. The summed E-state index contributed by atoms with van der Waals surface area (Å²) in [6.45, 7) is 2.31. The van der Waals surface area contributed by atoms with Gasteiger partial charge in [-0.15, -0.1) is 0 Å². The van der Waals surface area contributed by atoms with Gasteiger partial charge in [0.05, 0.1) is 6.10 Å². The van der Waals surface area contributed by atoms with Crippen molar-refractivity contribution in [3.63, 3.8) is 0 Å². The molecule has 2 heteroatoms. The molecule has 20 heavy (non-hydrogen) atoms. The molecule has 0 saturated heterocycles. The van der Waals surface area contributed by atoms with Gasteiger partial charge in [0.25, 0.3) is 0 Å². The summed E-state index contributed by atoms with van der Waals surface area (Å²) >= 11 is 0. The summed E-state index contributed by atoms with van der Waals surface area (Å²) in [5.74, 6) is 2.03. The molecule has 1 fully saturated rings. The van der Waals surface area contributed by atoms with Crippen LogP contribution in [0.2, 0.25) is 0 Å². The zero-order valence-corrected chi connectivity index (χ0v) is 12.8. The normalized spacial score (nSPS) is 29.2. The van der Waals surface area contributed by atoms with Crippen molar-refractivity contribution in [2.24, 2.45) is 5.92 Å².